The number of aromatic nitrogens is 3. The number of anilines is 1. The van der Waals surface area contributed by atoms with Crippen molar-refractivity contribution in [3.8, 4) is 11.3 Å². The Hall–Kier alpha value is -3.43. The largest absolute Gasteiger partial charge is 0.458 e. The van der Waals surface area contributed by atoms with Crippen LogP contribution in [0, 0.1) is 17.8 Å². The van der Waals surface area contributed by atoms with E-state index in [4.69, 9.17) is 29.4 Å². The number of halogens is 1. The van der Waals surface area contributed by atoms with Crippen molar-refractivity contribution in [3.63, 3.8) is 0 Å². The van der Waals surface area contributed by atoms with Crippen molar-refractivity contribution in [1.29, 1.82) is 0 Å². The summed E-state index contributed by atoms with van der Waals surface area (Å²) in [5.41, 5.74) is 5.93. The minimum atomic E-state index is -1.24. The Bertz CT molecular complexity index is 1850. The number of nitrogens with two attached hydrogens (primary N) is 1. The summed E-state index contributed by atoms with van der Waals surface area (Å²) in [6.45, 7) is 15.1. The van der Waals surface area contributed by atoms with Crippen LogP contribution in [0.15, 0.2) is 30.5 Å². The van der Waals surface area contributed by atoms with Gasteiger partial charge in [0.25, 0.3) is 0 Å². The van der Waals surface area contributed by atoms with Crippen molar-refractivity contribution < 1.29 is 47.1 Å². The molecule has 0 bridgehead atoms. The van der Waals surface area contributed by atoms with E-state index in [1.54, 1.807) is 30.5 Å². The number of hydrogen-bond acceptors (Lipinski definition) is 16. The zero-order valence-corrected chi connectivity index (χ0v) is 41.7. The van der Waals surface area contributed by atoms with Crippen LogP contribution in [-0.2, 0) is 39.8 Å². The van der Waals surface area contributed by atoms with Crippen LogP contribution in [-0.4, -0.2) is 174 Å². The van der Waals surface area contributed by atoms with Crippen LogP contribution in [0.1, 0.15) is 80.6 Å². The Morgan fingerprint density at radius 1 is 1.09 bits per heavy atom. The van der Waals surface area contributed by atoms with Crippen molar-refractivity contribution in [2.24, 2.45) is 17.8 Å². The zero-order valence-electron chi connectivity index (χ0n) is 40.9. The number of fused-ring (bicyclic) bond motifs is 1. The third-order valence-corrected chi connectivity index (χ3v) is 13.3. The Balaban J connectivity index is 0.00000300. The Labute approximate surface area is 390 Å². The van der Waals surface area contributed by atoms with Crippen LogP contribution in [0.4, 0.5) is 14.4 Å². The van der Waals surface area contributed by atoms with E-state index in [9.17, 15) is 23.4 Å². The lowest BCUT2D eigenvalue weighted by Gasteiger charge is -2.47. The smallest absolute Gasteiger partial charge is 0.410 e. The van der Waals surface area contributed by atoms with Gasteiger partial charge in [-0.25, -0.2) is 4.79 Å². The molecule has 17 nitrogen and oxygen atoms in total. The molecule has 0 saturated carbocycles. The number of aliphatic hydroxyl groups excluding tert-OH is 1. The highest BCUT2D eigenvalue weighted by Gasteiger charge is 2.58. The second kappa shape index (κ2) is 24.0. The molecular formula is C46H77FN8O9S. The number of cyclic esters (lactones) is 1. The third-order valence-electron chi connectivity index (χ3n) is 13.3. The average Bonchev–Trinajstić information content (AvgIpc) is 3.83. The zero-order chi connectivity index (χ0) is 48.4. The number of Topliss-reactive ketones (excluding diaryl/α,β-unsaturated/α-hetero) is 1. The van der Waals surface area contributed by atoms with E-state index in [1.807, 2.05) is 96.1 Å². The predicted molar refractivity (Wildman–Crippen MR) is 249 cm³/mol. The number of aryl methyl sites for hydroxylation is 1. The van der Waals surface area contributed by atoms with E-state index in [-0.39, 0.29) is 36.3 Å². The fraction of sp³-hybridized carbons (Fsp3) is 0.761. The molecule has 4 N–H and O–H groups in total. The molecule has 1 aromatic heterocycles. The number of carbonyl (C=O) groups excluding carboxylic acids is 3. The van der Waals surface area contributed by atoms with Crippen LogP contribution in [0.3, 0.4) is 0 Å². The van der Waals surface area contributed by atoms with Gasteiger partial charge in [0.05, 0.1) is 30.0 Å². The molecule has 4 heterocycles. The number of nitrogens with one attached hydrogen (secondary N) is 1. The first-order valence-electron chi connectivity index (χ1n) is 22.9. The van der Waals surface area contributed by atoms with Gasteiger partial charge in [-0.1, -0.05) is 38.1 Å². The summed E-state index contributed by atoms with van der Waals surface area (Å²) in [6.07, 6.45) is 1.42. The van der Waals surface area contributed by atoms with Gasteiger partial charge >= 0.3 is 12.1 Å². The molecular weight excluding hydrogens is 860 g/mol. The number of benzene rings is 1. The molecule has 3 fully saturated rings. The summed E-state index contributed by atoms with van der Waals surface area (Å²) in [7, 11) is 9.36. The highest BCUT2D eigenvalue weighted by molar-refractivity contribution is 7.93. The van der Waals surface area contributed by atoms with E-state index in [2.05, 4.69) is 22.6 Å². The Morgan fingerprint density at radius 2 is 1.77 bits per heavy atom. The average molecular weight is 937 g/mol. The van der Waals surface area contributed by atoms with Gasteiger partial charge in [0, 0.05) is 74.4 Å². The van der Waals surface area contributed by atoms with Crippen LogP contribution in [0.5, 0.6) is 0 Å². The quantitative estimate of drug-likeness (QED) is 0.104. The van der Waals surface area contributed by atoms with Crippen LogP contribution in [0.25, 0.3) is 11.3 Å². The summed E-state index contributed by atoms with van der Waals surface area (Å²) >= 11 is 0.250. The van der Waals surface area contributed by atoms with Gasteiger partial charge in [0.2, 0.25) is 0 Å². The minimum Gasteiger partial charge on any atom is -0.458 e. The molecule has 0 radical (unpaired) electrons. The normalized spacial score (nSPS) is 34.0. The van der Waals surface area contributed by atoms with Crippen molar-refractivity contribution >= 4 is 35.7 Å². The summed E-state index contributed by atoms with van der Waals surface area (Å²) in [5, 5.41) is 24.0. The van der Waals surface area contributed by atoms with Crippen molar-refractivity contribution in [1.82, 2.24) is 35.0 Å². The number of hydrogen-bond donors (Lipinski definition) is 3. The highest BCUT2D eigenvalue weighted by atomic mass is 32.2. The van der Waals surface area contributed by atoms with E-state index in [0.29, 0.717) is 64.0 Å². The maximum atomic E-state index is 14.5. The first kappa shape index (κ1) is 54.2. The number of methoxy groups -OCH3 is 1. The predicted octanol–water partition coefficient (Wildman–Crippen LogP) is 5.06. The highest BCUT2D eigenvalue weighted by Crippen LogP contribution is 2.40. The minimum absolute atomic E-state index is 0.0240. The molecule has 19 heteroatoms. The second-order valence-corrected chi connectivity index (χ2v) is 19.3. The summed E-state index contributed by atoms with van der Waals surface area (Å²) in [4.78, 5) is 48.2. The lowest BCUT2D eigenvalue weighted by Crippen LogP contribution is -2.61. The van der Waals surface area contributed by atoms with Crippen molar-refractivity contribution in [3.05, 3.63) is 30.5 Å². The summed E-state index contributed by atoms with van der Waals surface area (Å²) in [6, 6.07) is 6.41. The Kier molecular flexibility index (Phi) is 20.0. The first-order chi connectivity index (χ1) is 30.6. The maximum Gasteiger partial charge on any atom is 0.410 e. The van der Waals surface area contributed by atoms with Crippen molar-refractivity contribution in [2.75, 3.05) is 66.9 Å². The number of unbranched alkanes of at least 4 members (excludes halogenated alkanes) is 1. The van der Waals surface area contributed by atoms with Crippen LogP contribution in [0.2, 0.25) is 0 Å². The number of esters is 1. The van der Waals surface area contributed by atoms with Crippen LogP contribution < -0.4 is 11.1 Å². The molecule has 2 aromatic rings. The van der Waals surface area contributed by atoms with Crippen molar-refractivity contribution in [2.45, 2.75) is 147 Å². The van der Waals surface area contributed by atoms with Crippen LogP contribution >= 0.6 is 12.1 Å². The molecule has 0 aliphatic carbocycles. The number of carbonyl (C=O) groups is 3. The van der Waals surface area contributed by atoms with Gasteiger partial charge in [-0.3, -0.25) is 19.2 Å². The summed E-state index contributed by atoms with van der Waals surface area (Å²) < 4.78 is 44.0. The monoisotopic (exact) mass is 937 g/mol. The molecule has 368 valence electrons. The van der Waals surface area contributed by atoms with E-state index in [1.165, 1.54) is 6.26 Å². The first-order valence-corrected chi connectivity index (χ1v) is 24.0. The topological polar surface area (TPSA) is 196 Å². The molecule has 65 heavy (non-hydrogen) atoms. The van der Waals surface area contributed by atoms with E-state index >= 15 is 0 Å². The fourth-order valence-electron chi connectivity index (χ4n) is 9.87. The lowest BCUT2D eigenvalue weighted by molar-refractivity contribution is -0.298. The van der Waals surface area contributed by atoms with Gasteiger partial charge in [-0.15, -0.1) is 5.10 Å². The summed E-state index contributed by atoms with van der Waals surface area (Å²) in [5.74, 6) is -3.21. The van der Waals surface area contributed by atoms with Gasteiger partial charge in [-0.2, -0.15) is 3.89 Å². The molecule has 0 spiro atoms. The number of rotatable bonds is 13. The number of amides is 1. The van der Waals surface area contributed by atoms with E-state index < -0.39 is 71.5 Å². The standard InChI is InChI=1S/C45H74N8O9.CH3FS/c1-13-36-45(7)39(53(43(57)62-45)20-15-14-19-52-26-34(48-49-52)31-17-16-18-32(46)21-31)30(5)47-24-27(2)23-44(6,58-12)40(28(3)37(54)29(4)41(56)60-36)61-42-38(55)35(51(10)11)22-33(59-42)25-50(8)9;1-3-2/h16-18,21,26-30,33,35-36,38-40,42,47,55H,13-15,19-20,22-25,46H2,1-12H3;1H3/t27-,28+,29-,30-,33?,35?,36-,38?,39-,40-,42+,44-,45-;/m1./s1. The molecule has 5 rings (SSSR count). The molecule has 3 saturated heterocycles. The van der Waals surface area contributed by atoms with Gasteiger partial charge in [0.1, 0.15) is 23.8 Å². The number of likely N-dealkylation sites (N-methyl/N-ethyl adjacent to an activating group) is 2. The molecule has 13 atom stereocenters. The lowest BCUT2D eigenvalue weighted by atomic mass is 9.78. The SMILES string of the molecule is CC[C@H]1OC(=O)[C@H](C)C(=O)[C@H](C)[C@@H](O[C@@H]2OC(CN(C)C)CC(N(C)C)C2O)[C@](C)(OC)C[C@@H](C)CN[C@H](C)[C@H]2N(CCCCn3cc(-c4cccc(N)c4)nn3)C(=O)O[C@]12C.CSF. The van der Waals surface area contributed by atoms with Gasteiger partial charge in [0.15, 0.2) is 17.7 Å². The molecule has 3 unspecified atom stereocenters. The number of ether oxygens (including phenoxy) is 5. The van der Waals surface area contributed by atoms with Gasteiger partial charge in [-0.05, 0) is 113 Å². The molecule has 3 aliphatic heterocycles. The maximum absolute atomic E-state index is 14.5. The third kappa shape index (κ3) is 13.4. The van der Waals surface area contributed by atoms with Gasteiger partial charge < -0.3 is 49.6 Å². The second-order valence-electron chi connectivity index (χ2n) is 19.0. The molecule has 1 amide bonds. The fourth-order valence-corrected chi connectivity index (χ4v) is 9.87. The molecule has 1 aromatic carbocycles. The molecule has 3 aliphatic rings. The number of nitrogen functional groups attached to an aromatic ring is 1. The number of ketones is 1. The number of nitrogens with zero attached hydrogens (tertiary/aromatic N) is 6. The van der Waals surface area contributed by atoms with E-state index in [0.717, 1.165) is 11.3 Å². The Morgan fingerprint density at radius 3 is 2.38 bits per heavy atom. The number of aliphatic hydroxyl groups is 1.